The van der Waals surface area contributed by atoms with Gasteiger partial charge in [0.2, 0.25) is 0 Å². The molecule has 0 unspecified atom stereocenters. The van der Waals surface area contributed by atoms with Gasteiger partial charge in [-0.15, -0.1) is 0 Å². The molecule has 120 valence electrons. The summed E-state index contributed by atoms with van der Waals surface area (Å²) in [6.45, 7) is 14.8. The lowest BCUT2D eigenvalue weighted by Crippen LogP contribution is -2.28. The molecule has 0 spiro atoms. The van der Waals surface area contributed by atoms with Crippen LogP contribution in [0, 0.1) is 0 Å². The summed E-state index contributed by atoms with van der Waals surface area (Å²) < 4.78 is 3.34. The molecule has 0 bridgehead atoms. The predicted molar refractivity (Wildman–Crippen MR) is 123 cm³/mol. The molecule has 0 N–H and O–H groups in total. The van der Waals surface area contributed by atoms with Gasteiger partial charge < -0.3 is 0 Å². The molecule has 0 nitrogen and oxygen atoms in total. The summed E-state index contributed by atoms with van der Waals surface area (Å²) in [5, 5.41) is 0. The lowest BCUT2D eigenvalue weighted by atomic mass is 9.86. The highest BCUT2D eigenvalue weighted by atomic mass is 127. The van der Waals surface area contributed by atoms with E-state index in [1.54, 1.807) is 17.6 Å². The minimum atomic E-state index is -1.27. The molecule has 2 rings (SSSR count). The Morgan fingerprint density at radius 2 is 1.05 bits per heavy atom. The molecule has 0 aliphatic heterocycles. The zero-order valence-electron chi connectivity index (χ0n) is 14.5. The van der Waals surface area contributed by atoms with Crippen molar-refractivity contribution in [3.63, 3.8) is 0 Å². The van der Waals surface area contributed by atoms with Crippen LogP contribution in [0.25, 0.3) is 0 Å². The van der Waals surface area contributed by atoms with Gasteiger partial charge in [0.25, 0.3) is 0 Å². The molecule has 0 atom stereocenters. The van der Waals surface area contributed by atoms with Crippen molar-refractivity contribution in [1.82, 2.24) is 0 Å². The molecular formula is C18H26I2Si2. The molecule has 1 aliphatic rings. The molecule has 0 amide bonds. The van der Waals surface area contributed by atoms with Crippen molar-refractivity contribution in [2.75, 3.05) is 0 Å². The SMILES string of the molecule is C[Si](C)(C)/C(I)=C1\Cc2ccccc2C\C1=C(\I)[Si](C)(C)C. The Bertz CT molecular complexity index is 587. The summed E-state index contributed by atoms with van der Waals surface area (Å²) in [5.74, 6) is 0. The van der Waals surface area contributed by atoms with Crippen molar-refractivity contribution in [3.05, 3.63) is 52.9 Å². The molecule has 0 fully saturated rings. The van der Waals surface area contributed by atoms with Crippen LogP contribution >= 0.6 is 45.2 Å². The zero-order chi connectivity index (χ0) is 16.7. The maximum Gasteiger partial charge on any atom is 0.0858 e. The topological polar surface area (TPSA) is 0 Å². The molecule has 4 heteroatoms. The highest BCUT2D eigenvalue weighted by molar-refractivity contribution is 14.1. The van der Waals surface area contributed by atoms with Gasteiger partial charge in [-0.1, -0.05) is 109 Å². The molecular weight excluding hydrogens is 526 g/mol. The van der Waals surface area contributed by atoms with Crippen LogP contribution in [0.2, 0.25) is 39.3 Å². The third-order valence-corrected chi connectivity index (χ3v) is 18.3. The fraction of sp³-hybridized carbons (Fsp3) is 0.444. The number of allylic oxidation sites excluding steroid dienone is 2. The van der Waals surface area contributed by atoms with E-state index in [1.807, 2.05) is 0 Å². The smallest absolute Gasteiger partial charge is 0.0652 e. The normalized spacial score (nSPS) is 20.5. The standard InChI is InChI=1S/C18H26I2Si2/c1-21(2,3)17(19)15-11-13-9-7-8-10-14(13)12-16(15)18(20)22(4,5)6/h7-10H,11-12H2,1-6H3/b17-15+,18-16+. The van der Waals surface area contributed by atoms with Crippen LogP contribution in [0.15, 0.2) is 41.8 Å². The van der Waals surface area contributed by atoms with Crippen molar-refractivity contribution >= 4 is 61.3 Å². The highest BCUT2D eigenvalue weighted by Gasteiger charge is 2.30. The maximum absolute atomic E-state index is 2.66. The van der Waals surface area contributed by atoms with Crippen molar-refractivity contribution in [3.8, 4) is 0 Å². The van der Waals surface area contributed by atoms with Crippen molar-refractivity contribution in [2.45, 2.75) is 52.1 Å². The van der Waals surface area contributed by atoms with Gasteiger partial charge in [-0.3, -0.25) is 0 Å². The molecule has 1 aliphatic carbocycles. The van der Waals surface area contributed by atoms with Crippen LogP contribution in [0.3, 0.4) is 0 Å². The second kappa shape index (κ2) is 6.84. The number of benzene rings is 1. The Balaban J connectivity index is 2.69. The van der Waals surface area contributed by atoms with Crippen LogP contribution in [-0.2, 0) is 12.8 Å². The Kier molecular flexibility index (Phi) is 5.88. The summed E-state index contributed by atoms with van der Waals surface area (Å²) in [4.78, 5) is 0. The third kappa shape index (κ3) is 4.16. The van der Waals surface area contributed by atoms with E-state index in [0.717, 1.165) is 12.8 Å². The van der Waals surface area contributed by atoms with Crippen LogP contribution in [0.1, 0.15) is 11.1 Å². The van der Waals surface area contributed by atoms with Gasteiger partial charge in [0, 0.05) is 0 Å². The predicted octanol–water partition coefficient (Wildman–Crippen LogP) is 6.92. The number of hydrogen-bond acceptors (Lipinski definition) is 0. The molecule has 1 aromatic rings. The van der Waals surface area contributed by atoms with Gasteiger partial charge in [-0.05, 0) is 41.5 Å². The molecule has 0 saturated heterocycles. The summed E-state index contributed by atoms with van der Waals surface area (Å²) in [7, 11) is -2.54. The van der Waals surface area contributed by atoms with E-state index in [1.165, 1.54) is 11.1 Å². The number of halogens is 2. The first kappa shape index (κ1) is 18.9. The van der Waals surface area contributed by atoms with Crippen LogP contribution in [-0.4, -0.2) is 16.1 Å². The zero-order valence-corrected chi connectivity index (χ0v) is 20.8. The second-order valence-electron chi connectivity index (χ2n) is 8.21. The number of hydrogen-bond donors (Lipinski definition) is 0. The minimum absolute atomic E-state index is 1.13. The van der Waals surface area contributed by atoms with Gasteiger partial charge in [-0.2, -0.15) is 0 Å². The fourth-order valence-electron chi connectivity index (χ4n) is 2.82. The molecule has 0 aromatic heterocycles. The van der Waals surface area contributed by atoms with Crippen molar-refractivity contribution < 1.29 is 0 Å². The lowest BCUT2D eigenvalue weighted by Gasteiger charge is -2.31. The molecule has 0 heterocycles. The molecule has 0 saturated carbocycles. The summed E-state index contributed by atoms with van der Waals surface area (Å²) in [5.41, 5.74) is 6.39. The maximum atomic E-state index is 2.66. The third-order valence-electron chi connectivity index (χ3n) is 4.06. The van der Waals surface area contributed by atoms with Crippen LogP contribution in [0.5, 0.6) is 0 Å². The highest BCUT2D eigenvalue weighted by Crippen LogP contribution is 2.41. The fourth-order valence-corrected chi connectivity index (χ4v) is 6.14. The van der Waals surface area contributed by atoms with Gasteiger partial charge in [0.15, 0.2) is 0 Å². The largest absolute Gasteiger partial charge is 0.0858 e. The van der Waals surface area contributed by atoms with Crippen molar-refractivity contribution in [1.29, 1.82) is 0 Å². The lowest BCUT2D eigenvalue weighted by molar-refractivity contribution is 0.984. The first-order valence-electron chi connectivity index (χ1n) is 7.87. The van der Waals surface area contributed by atoms with E-state index >= 15 is 0 Å². The average molecular weight is 552 g/mol. The second-order valence-corrected chi connectivity index (χ2v) is 22.4. The minimum Gasteiger partial charge on any atom is -0.0652 e. The average Bonchev–Trinajstić information content (AvgIpc) is 2.42. The summed E-state index contributed by atoms with van der Waals surface area (Å²) >= 11 is 5.32. The number of fused-ring (bicyclic) bond motifs is 1. The molecule has 1 aromatic carbocycles. The quantitative estimate of drug-likeness (QED) is 0.276. The summed E-state index contributed by atoms with van der Waals surface area (Å²) in [6, 6.07) is 9.02. The first-order chi connectivity index (χ1) is 10.0. The van der Waals surface area contributed by atoms with Gasteiger partial charge in [0.05, 0.1) is 16.1 Å². The van der Waals surface area contributed by atoms with E-state index in [4.69, 9.17) is 0 Å². The van der Waals surface area contributed by atoms with E-state index in [2.05, 4.69) is 109 Å². The molecule has 22 heavy (non-hydrogen) atoms. The van der Waals surface area contributed by atoms with E-state index in [-0.39, 0.29) is 0 Å². The molecule has 0 radical (unpaired) electrons. The first-order valence-corrected chi connectivity index (χ1v) is 17.0. The Morgan fingerprint density at radius 1 is 0.727 bits per heavy atom. The van der Waals surface area contributed by atoms with E-state index < -0.39 is 16.1 Å². The number of rotatable bonds is 2. The summed E-state index contributed by atoms with van der Waals surface area (Å²) in [6.07, 6.45) is 2.26. The van der Waals surface area contributed by atoms with Crippen LogP contribution in [0.4, 0.5) is 0 Å². The Hall–Kier alpha value is 0.594. The van der Waals surface area contributed by atoms with Gasteiger partial charge in [-0.25, -0.2) is 0 Å². The van der Waals surface area contributed by atoms with E-state index in [9.17, 15) is 0 Å². The van der Waals surface area contributed by atoms with Crippen molar-refractivity contribution in [2.24, 2.45) is 0 Å². The van der Waals surface area contributed by atoms with Gasteiger partial charge in [0.1, 0.15) is 0 Å². The Labute approximate surface area is 165 Å². The van der Waals surface area contributed by atoms with Gasteiger partial charge >= 0.3 is 0 Å². The monoisotopic (exact) mass is 552 g/mol. The van der Waals surface area contributed by atoms with Crippen LogP contribution < -0.4 is 0 Å². The van der Waals surface area contributed by atoms with E-state index in [0.29, 0.717) is 0 Å². The Morgan fingerprint density at radius 3 is 1.32 bits per heavy atom.